The Morgan fingerprint density at radius 1 is 1.00 bits per heavy atom. The highest BCUT2D eigenvalue weighted by atomic mass is 19.1. The minimum Gasteiger partial charge on any atom is -0.368 e. The molecular weight excluding hydrogens is 305 g/mol. The van der Waals surface area contributed by atoms with Gasteiger partial charge >= 0.3 is 6.03 Å². The van der Waals surface area contributed by atoms with Crippen molar-refractivity contribution in [1.29, 1.82) is 0 Å². The Hall–Kier alpha value is -2.56. The van der Waals surface area contributed by atoms with Crippen molar-refractivity contribution in [3.8, 4) is 0 Å². The zero-order valence-electron chi connectivity index (χ0n) is 13.6. The number of anilines is 1. The van der Waals surface area contributed by atoms with Crippen LogP contribution in [0, 0.1) is 5.82 Å². The lowest BCUT2D eigenvalue weighted by molar-refractivity contribution is 0.194. The average Bonchev–Trinajstić information content (AvgIpc) is 2.63. The lowest BCUT2D eigenvalue weighted by Gasteiger charge is -2.36. The molecule has 1 heterocycles. The van der Waals surface area contributed by atoms with Crippen molar-refractivity contribution in [2.45, 2.75) is 6.42 Å². The number of piperazine rings is 1. The van der Waals surface area contributed by atoms with Crippen LogP contribution in [0.1, 0.15) is 5.56 Å². The molecule has 4 nitrogen and oxygen atoms in total. The van der Waals surface area contributed by atoms with E-state index in [1.807, 2.05) is 29.2 Å². The van der Waals surface area contributed by atoms with Gasteiger partial charge in [0.05, 0.1) is 0 Å². The van der Waals surface area contributed by atoms with Crippen LogP contribution in [-0.2, 0) is 6.42 Å². The number of para-hydroxylation sites is 1. The summed E-state index contributed by atoms with van der Waals surface area (Å²) in [6.45, 7) is 3.60. The third-order valence-corrected chi connectivity index (χ3v) is 4.27. The molecule has 1 saturated heterocycles. The second-order valence-corrected chi connectivity index (χ2v) is 5.92. The Kier molecular flexibility index (Phi) is 5.31. The van der Waals surface area contributed by atoms with Crippen LogP contribution in [0.15, 0.2) is 54.6 Å². The molecule has 0 radical (unpaired) electrons. The number of urea groups is 1. The van der Waals surface area contributed by atoms with Gasteiger partial charge in [0.2, 0.25) is 0 Å². The van der Waals surface area contributed by atoms with Crippen molar-refractivity contribution >= 4 is 11.7 Å². The molecule has 1 N–H and O–H groups in total. The van der Waals surface area contributed by atoms with Gasteiger partial charge in [-0.15, -0.1) is 0 Å². The van der Waals surface area contributed by atoms with Crippen LogP contribution in [-0.4, -0.2) is 43.7 Å². The van der Waals surface area contributed by atoms with Gasteiger partial charge in [0.25, 0.3) is 0 Å². The maximum absolute atomic E-state index is 13.1. The summed E-state index contributed by atoms with van der Waals surface area (Å²) in [7, 11) is 0. The molecule has 2 aromatic rings. The molecule has 2 amide bonds. The first kappa shape index (κ1) is 16.3. The van der Waals surface area contributed by atoms with E-state index in [1.165, 1.54) is 17.8 Å². The van der Waals surface area contributed by atoms with E-state index in [0.29, 0.717) is 26.1 Å². The molecule has 0 aromatic heterocycles. The number of carbonyl (C=O) groups is 1. The van der Waals surface area contributed by atoms with E-state index < -0.39 is 0 Å². The van der Waals surface area contributed by atoms with Crippen molar-refractivity contribution in [3.63, 3.8) is 0 Å². The molecule has 0 atom stereocenters. The summed E-state index contributed by atoms with van der Waals surface area (Å²) in [5.41, 5.74) is 2.09. The number of nitrogens with one attached hydrogen (secondary N) is 1. The van der Waals surface area contributed by atoms with Crippen LogP contribution >= 0.6 is 0 Å². The van der Waals surface area contributed by atoms with Gasteiger partial charge in [-0.1, -0.05) is 30.3 Å². The highest BCUT2D eigenvalue weighted by Gasteiger charge is 2.20. The van der Waals surface area contributed by atoms with Crippen LogP contribution in [0.2, 0.25) is 0 Å². The SMILES string of the molecule is O=C(NCCc1cccc(F)c1)N1CCN(c2ccccc2)CC1. The van der Waals surface area contributed by atoms with Crippen molar-refractivity contribution in [1.82, 2.24) is 10.2 Å². The molecule has 1 fully saturated rings. The molecule has 0 aliphatic carbocycles. The number of halogens is 1. The Morgan fingerprint density at radius 2 is 1.75 bits per heavy atom. The largest absolute Gasteiger partial charge is 0.368 e. The van der Waals surface area contributed by atoms with Gasteiger partial charge < -0.3 is 15.1 Å². The van der Waals surface area contributed by atoms with Gasteiger partial charge in [-0.05, 0) is 36.2 Å². The Morgan fingerprint density at radius 3 is 2.46 bits per heavy atom. The van der Waals surface area contributed by atoms with Gasteiger partial charge in [0.1, 0.15) is 5.82 Å². The average molecular weight is 327 g/mol. The molecule has 0 saturated carbocycles. The monoisotopic (exact) mass is 327 g/mol. The van der Waals surface area contributed by atoms with E-state index >= 15 is 0 Å². The molecule has 1 aliphatic heterocycles. The fourth-order valence-corrected chi connectivity index (χ4v) is 2.92. The summed E-state index contributed by atoms with van der Waals surface area (Å²) in [6, 6.07) is 16.7. The number of rotatable bonds is 4. The zero-order valence-corrected chi connectivity index (χ0v) is 13.6. The summed E-state index contributed by atoms with van der Waals surface area (Å²) in [4.78, 5) is 16.3. The van der Waals surface area contributed by atoms with E-state index in [2.05, 4.69) is 22.3 Å². The number of amides is 2. The third kappa shape index (κ3) is 4.25. The maximum Gasteiger partial charge on any atom is 0.317 e. The van der Waals surface area contributed by atoms with Gasteiger partial charge in [-0.2, -0.15) is 0 Å². The number of hydrogen-bond acceptors (Lipinski definition) is 2. The van der Waals surface area contributed by atoms with E-state index in [4.69, 9.17) is 0 Å². The highest BCUT2D eigenvalue weighted by molar-refractivity contribution is 5.74. The second-order valence-electron chi connectivity index (χ2n) is 5.92. The lowest BCUT2D eigenvalue weighted by atomic mass is 10.1. The molecular formula is C19H22FN3O. The topological polar surface area (TPSA) is 35.6 Å². The first-order chi connectivity index (χ1) is 11.7. The summed E-state index contributed by atoms with van der Waals surface area (Å²) < 4.78 is 13.1. The number of carbonyl (C=O) groups excluding carboxylic acids is 1. The molecule has 126 valence electrons. The third-order valence-electron chi connectivity index (χ3n) is 4.27. The molecule has 3 rings (SSSR count). The van der Waals surface area contributed by atoms with Gasteiger partial charge in [0.15, 0.2) is 0 Å². The number of benzene rings is 2. The van der Waals surface area contributed by atoms with E-state index in [0.717, 1.165) is 18.7 Å². The minimum absolute atomic E-state index is 0.0425. The molecule has 0 bridgehead atoms. The Bertz CT molecular complexity index is 669. The van der Waals surface area contributed by atoms with E-state index in [9.17, 15) is 9.18 Å². The molecule has 24 heavy (non-hydrogen) atoms. The quantitative estimate of drug-likeness (QED) is 0.937. The van der Waals surface area contributed by atoms with Crippen molar-refractivity contribution in [2.24, 2.45) is 0 Å². The Balaban J connectivity index is 1.42. The van der Waals surface area contributed by atoms with Crippen molar-refractivity contribution < 1.29 is 9.18 Å². The molecule has 0 spiro atoms. The van der Waals surface area contributed by atoms with E-state index in [-0.39, 0.29) is 11.8 Å². The fourth-order valence-electron chi connectivity index (χ4n) is 2.92. The number of hydrogen-bond donors (Lipinski definition) is 1. The number of nitrogens with zero attached hydrogens (tertiary/aromatic N) is 2. The van der Waals surface area contributed by atoms with Gasteiger partial charge in [-0.25, -0.2) is 9.18 Å². The zero-order chi connectivity index (χ0) is 16.8. The lowest BCUT2D eigenvalue weighted by Crippen LogP contribution is -2.52. The summed E-state index contributed by atoms with van der Waals surface area (Å²) >= 11 is 0. The molecule has 0 unspecified atom stereocenters. The van der Waals surface area contributed by atoms with Crippen LogP contribution in [0.25, 0.3) is 0 Å². The second kappa shape index (κ2) is 7.81. The molecule has 2 aromatic carbocycles. The summed E-state index contributed by atoms with van der Waals surface area (Å²) in [5, 5.41) is 2.92. The van der Waals surface area contributed by atoms with Crippen LogP contribution in [0.5, 0.6) is 0 Å². The molecule has 1 aliphatic rings. The minimum atomic E-state index is -0.240. The normalized spacial score (nSPS) is 14.5. The smallest absolute Gasteiger partial charge is 0.317 e. The van der Waals surface area contributed by atoms with Crippen molar-refractivity contribution in [3.05, 3.63) is 66.0 Å². The Labute approximate surface area is 141 Å². The first-order valence-corrected chi connectivity index (χ1v) is 8.29. The molecule has 5 heteroatoms. The van der Waals surface area contributed by atoms with Crippen LogP contribution in [0.3, 0.4) is 0 Å². The fraction of sp³-hybridized carbons (Fsp3) is 0.316. The predicted molar refractivity (Wildman–Crippen MR) is 93.7 cm³/mol. The first-order valence-electron chi connectivity index (χ1n) is 8.29. The van der Waals surface area contributed by atoms with Crippen LogP contribution in [0.4, 0.5) is 14.9 Å². The van der Waals surface area contributed by atoms with E-state index in [1.54, 1.807) is 6.07 Å². The summed E-state index contributed by atoms with van der Waals surface area (Å²) in [5.74, 6) is -0.240. The van der Waals surface area contributed by atoms with Crippen molar-refractivity contribution in [2.75, 3.05) is 37.6 Å². The maximum atomic E-state index is 13.1. The van der Waals surface area contributed by atoms with Gasteiger partial charge in [-0.3, -0.25) is 0 Å². The highest BCUT2D eigenvalue weighted by Crippen LogP contribution is 2.15. The van der Waals surface area contributed by atoms with Gasteiger partial charge in [0, 0.05) is 38.4 Å². The van der Waals surface area contributed by atoms with Crippen LogP contribution < -0.4 is 10.2 Å². The predicted octanol–water partition coefficient (Wildman–Crippen LogP) is 2.90. The summed E-state index contributed by atoms with van der Waals surface area (Å²) in [6.07, 6.45) is 0.632. The standard InChI is InChI=1S/C19H22FN3O/c20-17-6-4-5-16(15-17)9-10-21-19(24)23-13-11-22(12-14-23)18-7-2-1-3-8-18/h1-8,15H,9-14H2,(H,21,24).